The number of nitro groups is 1. The number of nitrogens with zero attached hydrogens (tertiary/aromatic N) is 3. The Balaban J connectivity index is 2.60. The molecule has 0 aromatic heterocycles. The highest BCUT2D eigenvalue weighted by Crippen LogP contribution is 2.28. The molecule has 0 saturated carbocycles. The molecule has 2 rings (SSSR count). The average Bonchev–Trinajstić information content (AvgIpc) is 2.47. The number of non-ortho nitro benzene ring substituents is 1. The molecule has 7 heteroatoms. The van der Waals surface area contributed by atoms with Gasteiger partial charge in [0.05, 0.1) is 10.6 Å². The fourth-order valence-electron chi connectivity index (χ4n) is 2.10. The summed E-state index contributed by atoms with van der Waals surface area (Å²) in [6.07, 6.45) is 2.90. The summed E-state index contributed by atoms with van der Waals surface area (Å²) in [4.78, 5) is 27.4. The van der Waals surface area contributed by atoms with E-state index in [1.54, 1.807) is 17.0 Å². The minimum Gasteiger partial charge on any atom is -0.478 e. The van der Waals surface area contributed by atoms with Crippen LogP contribution in [-0.4, -0.2) is 40.3 Å². The monoisotopic (exact) mass is 287 g/mol. The second kappa shape index (κ2) is 6.00. The first-order valence-electron chi connectivity index (χ1n) is 6.12. The first kappa shape index (κ1) is 14.4. The zero-order valence-corrected chi connectivity index (χ0v) is 11.1. The van der Waals surface area contributed by atoms with Crippen LogP contribution in [0.5, 0.6) is 0 Å². The van der Waals surface area contributed by atoms with Gasteiger partial charge in [0, 0.05) is 30.5 Å². The van der Waals surface area contributed by atoms with E-state index >= 15 is 0 Å². The molecule has 7 nitrogen and oxygen atoms in total. The van der Waals surface area contributed by atoms with Crippen molar-refractivity contribution in [3.63, 3.8) is 0 Å². The highest BCUT2D eigenvalue weighted by atomic mass is 16.6. The van der Waals surface area contributed by atoms with Crippen LogP contribution in [0.15, 0.2) is 47.5 Å². The topological polar surface area (TPSA) is 96.0 Å². The zero-order valence-electron chi connectivity index (χ0n) is 11.1. The Morgan fingerprint density at radius 3 is 2.95 bits per heavy atom. The molecule has 1 aromatic carbocycles. The van der Waals surface area contributed by atoms with Crippen molar-refractivity contribution in [1.29, 1.82) is 0 Å². The van der Waals surface area contributed by atoms with Crippen molar-refractivity contribution in [3.8, 4) is 0 Å². The Labute approximate surface area is 120 Å². The average molecular weight is 287 g/mol. The van der Waals surface area contributed by atoms with Crippen molar-refractivity contribution in [1.82, 2.24) is 4.90 Å². The van der Waals surface area contributed by atoms with E-state index in [-0.39, 0.29) is 17.9 Å². The molecule has 1 heterocycles. The lowest BCUT2D eigenvalue weighted by molar-refractivity contribution is -0.384. The van der Waals surface area contributed by atoms with Gasteiger partial charge in [0.25, 0.3) is 5.69 Å². The maximum Gasteiger partial charge on any atom is 0.339 e. The van der Waals surface area contributed by atoms with Gasteiger partial charge in [0.2, 0.25) is 0 Å². The van der Waals surface area contributed by atoms with E-state index in [1.165, 1.54) is 24.4 Å². The van der Waals surface area contributed by atoms with E-state index in [0.717, 1.165) is 0 Å². The van der Waals surface area contributed by atoms with Crippen molar-refractivity contribution >= 4 is 23.6 Å². The van der Waals surface area contributed by atoms with Crippen LogP contribution in [0.3, 0.4) is 0 Å². The van der Waals surface area contributed by atoms with E-state index in [2.05, 4.69) is 11.6 Å². The molecular weight excluding hydrogens is 274 g/mol. The van der Waals surface area contributed by atoms with Gasteiger partial charge in [-0.3, -0.25) is 15.1 Å². The summed E-state index contributed by atoms with van der Waals surface area (Å²) < 4.78 is 0. The van der Waals surface area contributed by atoms with Crippen molar-refractivity contribution in [2.75, 3.05) is 13.2 Å². The molecule has 1 aliphatic heterocycles. The van der Waals surface area contributed by atoms with Gasteiger partial charge < -0.3 is 10.0 Å². The number of hydrogen-bond acceptors (Lipinski definition) is 5. The molecule has 1 N–H and O–H groups in total. The second-order valence-corrected chi connectivity index (χ2v) is 4.34. The molecule has 0 spiro atoms. The van der Waals surface area contributed by atoms with Gasteiger partial charge >= 0.3 is 5.97 Å². The number of nitro benzene ring substituents is 1. The molecule has 0 aliphatic carbocycles. The van der Waals surface area contributed by atoms with Crippen molar-refractivity contribution < 1.29 is 14.8 Å². The Morgan fingerprint density at radius 1 is 1.57 bits per heavy atom. The van der Waals surface area contributed by atoms with Gasteiger partial charge in [-0.15, -0.1) is 6.58 Å². The Bertz CT molecular complexity index is 662. The third-order valence-electron chi connectivity index (χ3n) is 2.95. The van der Waals surface area contributed by atoms with Crippen LogP contribution in [0.25, 0.3) is 5.70 Å². The number of carbonyl (C=O) groups is 1. The maximum absolute atomic E-state index is 11.4. The third-order valence-corrected chi connectivity index (χ3v) is 2.95. The Kier molecular flexibility index (Phi) is 4.13. The normalized spacial score (nSPS) is 14.2. The SMILES string of the molecule is C=CCN1CN=CC(C(=O)O)=C1c1cccc([N+](=O)[O-])c1. The molecule has 0 amide bonds. The maximum atomic E-state index is 11.4. The van der Waals surface area contributed by atoms with Crippen LogP contribution in [0, 0.1) is 10.1 Å². The minimum atomic E-state index is -1.13. The summed E-state index contributed by atoms with van der Waals surface area (Å²) in [6.45, 7) is 4.30. The molecule has 108 valence electrons. The molecule has 0 bridgehead atoms. The number of aliphatic carboxylic acids is 1. The summed E-state index contributed by atoms with van der Waals surface area (Å²) in [5.74, 6) is -1.13. The smallest absolute Gasteiger partial charge is 0.339 e. The fourth-order valence-corrected chi connectivity index (χ4v) is 2.10. The predicted octanol–water partition coefficient (Wildman–Crippen LogP) is 1.92. The zero-order chi connectivity index (χ0) is 15.4. The molecule has 0 radical (unpaired) electrons. The van der Waals surface area contributed by atoms with E-state index in [4.69, 9.17) is 0 Å². The van der Waals surface area contributed by atoms with E-state index < -0.39 is 10.9 Å². The summed E-state index contributed by atoms with van der Waals surface area (Å²) in [5, 5.41) is 20.2. The summed E-state index contributed by atoms with van der Waals surface area (Å²) in [5.41, 5.74) is 0.783. The fraction of sp³-hybridized carbons (Fsp3) is 0.143. The van der Waals surface area contributed by atoms with Crippen LogP contribution in [0.1, 0.15) is 5.56 Å². The molecule has 21 heavy (non-hydrogen) atoms. The number of rotatable bonds is 5. The van der Waals surface area contributed by atoms with Gasteiger partial charge in [-0.25, -0.2) is 4.79 Å². The van der Waals surface area contributed by atoms with E-state index in [0.29, 0.717) is 17.8 Å². The molecule has 0 saturated heterocycles. The minimum absolute atomic E-state index is 0.00333. The third kappa shape index (κ3) is 2.97. The molecule has 1 aromatic rings. The largest absolute Gasteiger partial charge is 0.478 e. The predicted molar refractivity (Wildman–Crippen MR) is 77.9 cm³/mol. The van der Waals surface area contributed by atoms with Crippen LogP contribution < -0.4 is 0 Å². The number of aliphatic imine (C=N–C) groups is 1. The van der Waals surface area contributed by atoms with Gasteiger partial charge in [-0.1, -0.05) is 18.2 Å². The highest BCUT2D eigenvalue weighted by Gasteiger charge is 2.23. The molecule has 0 atom stereocenters. The molecule has 1 aliphatic rings. The molecule has 0 fully saturated rings. The van der Waals surface area contributed by atoms with Gasteiger partial charge in [0.15, 0.2) is 0 Å². The van der Waals surface area contributed by atoms with Crippen molar-refractivity contribution in [3.05, 3.63) is 58.2 Å². The van der Waals surface area contributed by atoms with Crippen LogP contribution in [0.4, 0.5) is 5.69 Å². The summed E-state index contributed by atoms with van der Waals surface area (Å²) in [7, 11) is 0. The molecular formula is C14H13N3O4. The highest BCUT2D eigenvalue weighted by molar-refractivity contribution is 6.15. The quantitative estimate of drug-likeness (QED) is 0.507. The van der Waals surface area contributed by atoms with Crippen LogP contribution >= 0.6 is 0 Å². The lowest BCUT2D eigenvalue weighted by atomic mass is 10.0. The van der Waals surface area contributed by atoms with Crippen LogP contribution in [-0.2, 0) is 4.79 Å². The lowest BCUT2D eigenvalue weighted by Gasteiger charge is -2.28. The summed E-state index contributed by atoms with van der Waals surface area (Å²) in [6, 6.07) is 5.88. The summed E-state index contributed by atoms with van der Waals surface area (Å²) >= 11 is 0. The van der Waals surface area contributed by atoms with E-state index in [1.807, 2.05) is 0 Å². The Hall–Kier alpha value is -2.96. The number of carboxylic acids is 1. The van der Waals surface area contributed by atoms with Crippen molar-refractivity contribution in [2.45, 2.75) is 0 Å². The van der Waals surface area contributed by atoms with E-state index in [9.17, 15) is 20.0 Å². The van der Waals surface area contributed by atoms with Gasteiger partial charge in [-0.05, 0) is 0 Å². The first-order chi connectivity index (χ1) is 10.0. The van der Waals surface area contributed by atoms with Crippen LogP contribution in [0.2, 0.25) is 0 Å². The standard InChI is InChI=1S/C14H13N3O4/c1-2-6-16-9-15-8-12(14(18)19)13(16)10-4-3-5-11(7-10)17(20)21/h2-5,7-8H,1,6,9H2,(H,18,19). The van der Waals surface area contributed by atoms with Crippen molar-refractivity contribution in [2.24, 2.45) is 4.99 Å². The van der Waals surface area contributed by atoms with Gasteiger partial charge in [-0.2, -0.15) is 0 Å². The Morgan fingerprint density at radius 2 is 2.33 bits per heavy atom. The second-order valence-electron chi connectivity index (χ2n) is 4.34. The number of benzene rings is 1. The number of hydrogen-bond donors (Lipinski definition) is 1. The lowest BCUT2D eigenvalue weighted by Crippen LogP contribution is -2.29. The first-order valence-corrected chi connectivity index (χ1v) is 6.12. The van der Waals surface area contributed by atoms with Gasteiger partial charge in [0.1, 0.15) is 12.2 Å². The molecule has 0 unspecified atom stereocenters. The number of carboxylic acid groups (broad SMARTS) is 1.